The first-order valence-corrected chi connectivity index (χ1v) is 8.63. The van der Waals surface area contributed by atoms with Crippen LogP contribution in [0, 0.1) is 0 Å². The summed E-state index contributed by atoms with van der Waals surface area (Å²) in [6.07, 6.45) is 3.51. The molecule has 0 saturated carbocycles. The molecule has 2 atom stereocenters. The molecule has 1 aliphatic rings. The Kier molecular flexibility index (Phi) is 4.77. The number of rotatable bonds is 6. The lowest BCUT2D eigenvalue weighted by Gasteiger charge is -2.37. The van der Waals surface area contributed by atoms with E-state index in [1.54, 1.807) is 5.56 Å². The van der Waals surface area contributed by atoms with E-state index in [0.29, 0.717) is 12.0 Å². The summed E-state index contributed by atoms with van der Waals surface area (Å²) in [7, 11) is 0. The number of hydrogen-bond donors (Lipinski definition) is 1. The van der Waals surface area contributed by atoms with Crippen molar-refractivity contribution in [2.24, 2.45) is 0 Å². The molecular formula is C19H22BrN. The Morgan fingerprint density at radius 1 is 1.14 bits per heavy atom. The van der Waals surface area contributed by atoms with Crippen LogP contribution in [0.15, 0.2) is 53.0 Å². The van der Waals surface area contributed by atoms with Crippen molar-refractivity contribution in [3.63, 3.8) is 0 Å². The standard InChI is InChI=1S/C19H22BrN/c1-2-11-21-19(12-14-7-9-16(20)10-8-14)18-13-15-5-3-4-6-17(15)18/h3-10,18-19,21H,2,11-13H2,1H3. The maximum absolute atomic E-state index is 3.76. The van der Waals surface area contributed by atoms with Crippen LogP contribution in [0.1, 0.15) is 36.0 Å². The first-order valence-electron chi connectivity index (χ1n) is 7.83. The zero-order valence-corrected chi connectivity index (χ0v) is 14.1. The Balaban J connectivity index is 1.74. The highest BCUT2D eigenvalue weighted by molar-refractivity contribution is 9.10. The first-order chi connectivity index (χ1) is 10.3. The summed E-state index contributed by atoms with van der Waals surface area (Å²) in [6, 6.07) is 18.2. The van der Waals surface area contributed by atoms with Gasteiger partial charge in [0.1, 0.15) is 0 Å². The van der Waals surface area contributed by atoms with Crippen molar-refractivity contribution in [3.8, 4) is 0 Å². The largest absolute Gasteiger partial charge is 0.313 e. The molecule has 0 heterocycles. The van der Waals surface area contributed by atoms with Crippen LogP contribution < -0.4 is 5.32 Å². The fraction of sp³-hybridized carbons (Fsp3) is 0.368. The average Bonchev–Trinajstić information content (AvgIpc) is 2.48. The number of halogens is 1. The quantitative estimate of drug-likeness (QED) is 0.801. The van der Waals surface area contributed by atoms with Gasteiger partial charge < -0.3 is 5.32 Å². The Labute approximate surface area is 135 Å². The molecular weight excluding hydrogens is 322 g/mol. The SMILES string of the molecule is CCCNC(Cc1ccc(Br)cc1)C1Cc2ccccc21. The topological polar surface area (TPSA) is 12.0 Å². The number of nitrogens with one attached hydrogen (secondary N) is 1. The van der Waals surface area contributed by atoms with Crippen molar-refractivity contribution >= 4 is 15.9 Å². The molecule has 1 aliphatic carbocycles. The fourth-order valence-corrected chi connectivity index (χ4v) is 3.48. The van der Waals surface area contributed by atoms with Crippen molar-refractivity contribution < 1.29 is 0 Å². The lowest BCUT2D eigenvalue weighted by molar-refractivity contribution is 0.397. The van der Waals surface area contributed by atoms with Crippen molar-refractivity contribution in [2.45, 2.75) is 38.1 Å². The van der Waals surface area contributed by atoms with Crippen LogP contribution in [-0.4, -0.2) is 12.6 Å². The predicted octanol–water partition coefficient (Wildman–Crippen LogP) is 4.70. The van der Waals surface area contributed by atoms with Gasteiger partial charge in [0.15, 0.2) is 0 Å². The van der Waals surface area contributed by atoms with Gasteiger partial charge in [0.25, 0.3) is 0 Å². The van der Waals surface area contributed by atoms with Crippen molar-refractivity contribution in [3.05, 3.63) is 69.7 Å². The molecule has 0 fully saturated rings. The highest BCUT2D eigenvalue weighted by Gasteiger charge is 2.32. The van der Waals surface area contributed by atoms with Crippen LogP contribution >= 0.6 is 15.9 Å². The van der Waals surface area contributed by atoms with Crippen LogP contribution in [-0.2, 0) is 12.8 Å². The summed E-state index contributed by atoms with van der Waals surface area (Å²) in [5, 5.41) is 3.76. The monoisotopic (exact) mass is 343 g/mol. The van der Waals surface area contributed by atoms with E-state index in [1.807, 2.05) is 0 Å². The van der Waals surface area contributed by atoms with Gasteiger partial charge >= 0.3 is 0 Å². The van der Waals surface area contributed by atoms with Gasteiger partial charge in [-0.2, -0.15) is 0 Å². The highest BCUT2D eigenvalue weighted by atomic mass is 79.9. The Morgan fingerprint density at radius 2 is 1.90 bits per heavy atom. The molecule has 0 spiro atoms. The van der Waals surface area contributed by atoms with E-state index in [9.17, 15) is 0 Å². The summed E-state index contributed by atoms with van der Waals surface area (Å²) in [5.74, 6) is 0.663. The molecule has 21 heavy (non-hydrogen) atoms. The molecule has 2 aromatic rings. The zero-order valence-electron chi connectivity index (χ0n) is 12.5. The third-order valence-electron chi connectivity index (χ3n) is 4.41. The van der Waals surface area contributed by atoms with Gasteiger partial charge in [0.2, 0.25) is 0 Å². The number of hydrogen-bond acceptors (Lipinski definition) is 1. The molecule has 0 bridgehead atoms. The molecule has 0 aromatic heterocycles. The van der Waals surface area contributed by atoms with Crippen molar-refractivity contribution in [1.82, 2.24) is 5.32 Å². The molecule has 0 aliphatic heterocycles. The van der Waals surface area contributed by atoms with Crippen LogP contribution in [0.4, 0.5) is 0 Å². The minimum absolute atomic E-state index is 0.543. The van der Waals surface area contributed by atoms with Gasteiger partial charge in [-0.05, 0) is 54.6 Å². The maximum Gasteiger partial charge on any atom is 0.0179 e. The van der Waals surface area contributed by atoms with Gasteiger partial charge in [-0.1, -0.05) is 59.3 Å². The summed E-state index contributed by atoms with van der Waals surface area (Å²) in [6.45, 7) is 3.33. The smallest absolute Gasteiger partial charge is 0.0179 e. The second-order valence-electron chi connectivity index (χ2n) is 5.90. The van der Waals surface area contributed by atoms with E-state index in [1.165, 1.54) is 24.0 Å². The summed E-state index contributed by atoms with van der Waals surface area (Å²) < 4.78 is 1.15. The van der Waals surface area contributed by atoms with Gasteiger partial charge in [-0.3, -0.25) is 0 Å². The predicted molar refractivity (Wildman–Crippen MR) is 92.8 cm³/mol. The molecule has 110 valence electrons. The third-order valence-corrected chi connectivity index (χ3v) is 4.93. The Morgan fingerprint density at radius 3 is 2.62 bits per heavy atom. The van der Waals surface area contributed by atoms with E-state index in [2.05, 4.69) is 76.7 Å². The van der Waals surface area contributed by atoms with Gasteiger partial charge in [-0.25, -0.2) is 0 Å². The van der Waals surface area contributed by atoms with Crippen molar-refractivity contribution in [2.75, 3.05) is 6.54 Å². The summed E-state index contributed by atoms with van der Waals surface area (Å²) in [5.41, 5.74) is 4.49. The van der Waals surface area contributed by atoms with Crippen molar-refractivity contribution in [1.29, 1.82) is 0 Å². The molecule has 2 unspecified atom stereocenters. The molecule has 3 rings (SSSR count). The molecule has 1 N–H and O–H groups in total. The zero-order chi connectivity index (χ0) is 14.7. The van der Waals surface area contributed by atoms with Crippen LogP contribution in [0.5, 0.6) is 0 Å². The lowest BCUT2D eigenvalue weighted by Crippen LogP contribution is -2.41. The average molecular weight is 344 g/mol. The second kappa shape index (κ2) is 6.76. The molecule has 2 heteroatoms. The van der Waals surface area contributed by atoms with Gasteiger partial charge in [0.05, 0.1) is 0 Å². The molecule has 1 nitrogen and oxygen atoms in total. The lowest BCUT2D eigenvalue weighted by atomic mass is 9.72. The fourth-order valence-electron chi connectivity index (χ4n) is 3.22. The number of fused-ring (bicyclic) bond motifs is 1. The molecule has 0 saturated heterocycles. The summed E-state index contributed by atoms with van der Waals surface area (Å²) in [4.78, 5) is 0. The van der Waals surface area contributed by atoms with Crippen LogP contribution in [0.25, 0.3) is 0 Å². The highest BCUT2D eigenvalue weighted by Crippen LogP contribution is 2.38. The second-order valence-corrected chi connectivity index (χ2v) is 6.82. The Hall–Kier alpha value is -1.12. The molecule has 2 aromatic carbocycles. The van der Waals surface area contributed by atoms with E-state index >= 15 is 0 Å². The van der Waals surface area contributed by atoms with Gasteiger partial charge in [0, 0.05) is 16.4 Å². The molecule has 0 amide bonds. The minimum Gasteiger partial charge on any atom is -0.313 e. The summed E-state index contributed by atoms with van der Waals surface area (Å²) >= 11 is 3.51. The minimum atomic E-state index is 0.543. The van der Waals surface area contributed by atoms with E-state index in [-0.39, 0.29) is 0 Å². The van der Waals surface area contributed by atoms with E-state index in [4.69, 9.17) is 0 Å². The van der Waals surface area contributed by atoms with E-state index in [0.717, 1.165) is 17.4 Å². The first kappa shape index (κ1) is 14.8. The number of benzene rings is 2. The van der Waals surface area contributed by atoms with Crippen LogP contribution in [0.3, 0.4) is 0 Å². The van der Waals surface area contributed by atoms with Crippen LogP contribution in [0.2, 0.25) is 0 Å². The normalized spacial score (nSPS) is 17.9. The van der Waals surface area contributed by atoms with Gasteiger partial charge in [-0.15, -0.1) is 0 Å². The Bertz CT molecular complexity index is 591. The van der Waals surface area contributed by atoms with E-state index < -0.39 is 0 Å². The molecule has 0 radical (unpaired) electrons. The third kappa shape index (κ3) is 3.38. The maximum atomic E-state index is 3.76.